The van der Waals surface area contributed by atoms with E-state index in [1.807, 2.05) is 42.5 Å². The van der Waals surface area contributed by atoms with Gasteiger partial charge in [-0.3, -0.25) is 0 Å². The summed E-state index contributed by atoms with van der Waals surface area (Å²) in [4.78, 5) is 0. The number of ether oxygens (including phenoxy) is 1. The lowest BCUT2D eigenvalue weighted by Gasteiger charge is -2.24. The van der Waals surface area contributed by atoms with Crippen molar-refractivity contribution in [3.8, 4) is 0 Å². The van der Waals surface area contributed by atoms with Crippen molar-refractivity contribution in [1.82, 2.24) is 0 Å². The molecule has 1 heterocycles. The predicted molar refractivity (Wildman–Crippen MR) is 84.5 cm³/mol. The summed E-state index contributed by atoms with van der Waals surface area (Å²) in [5.41, 5.74) is 3.04. The van der Waals surface area contributed by atoms with E-state index in [1.165, 1.54) is 6.26 Å². The van der Waals surface area contributed by atoms with Crippen LogP contribution in [0.4, 0.5) is 0 Å². The molecule has 0 aromatic heterocycles. The van der Waals surface area contributed by atoms with E-state index in [0.717, 1.165) is 16.7 Å². The molecular formula is C18H15ClO2. The molecule has 0 amide bonds. The molecule has 2 aromatic rings. The smallest absolute Gasteiger partial charge is 0.122 e. The summed E-state index contributed by atoms with van der Waals surface area (Å²) >= 11 is 5.98. The van der Waals surface area contributed by atoms with Gasteiger partial charge in [-0.25, -0.2) is 0 Å². The van der Waals surface area contributed by atoms with Gasteiger partial charge in [0.15, 0.2) is 0 Å². The highest BCUT2D eigenvalue weighted by Gasteiger charge is 2.23. The molecule has 1 unspecified atom stereocenters. The number of aliphatic hydroxyl groups is 1. The number of aliphatic hydroxyl groups excluding tert-OH is 1. The average Bonchev–Trinajstić information content (AvgIpc) is 2.52. The van der Waals surface area contributed by atoms with Gasteiger partial charge in [0.25, 0.3) is 0 Å². The Morgan fingerprint density at radius 1 is 0.952 bits per heavy atom. The van der Waals surface area contributed by atoms with Gasteiger partial charge in [0, 0.05) is 22.6 Å². The third kappa shape index (κ3) is 2.96. The van der Waals surface area contributed by atoms with E-state index < -0.39 is 0 Å². The summed E-state index contributed by atoms with van der Waals surface area (Å²) in [5, 5.41) is 10.9. The Hall–Kier alpha value is -2.19. The van der Waals surface area contributed by atoms with Crippen molar-refractivity contribution < 1.29 is 9.84 Å². The largest absolute Gasteiger partial charge is 0.508 e. The third-order valence-corrected chi connectivity index (χ3v) is 3.83. The highest BCUT2D eigenvalue weighted by molar-refractivity contribution is 6.30. The van der Waals surface area contributed by atoms with Crippen LogP contribution in [-0.2, 0) is 4.74 Å². The van der Waals surface area contributed by atoms with Crippen LogP contribution in [0.1, 0.15) is 17.0 Å². The molecule has 1 aliphatic heterocycles. The fourth-order valence-electron chi connectivity index (χ4n) is 2.56. The van der Waals surface area contributed by atoms with E-state index in [-0.39, 0.29) is 11.7 Å². The van der Waals surface area contributed by atoms with Crippen LogP contribution in [0.2, 0.25) is 5.02 Å². The molecule has 0 aliphatic carbocycles. The molecule has 1 N–H and O–H groups in total. The third-order valence-electron chi connectivity index (χ3n) is 3.57. The molecule has 1 atom stereocenters. The van der Waals surface area contributed by atoms with E-state index in [2.05, 4.69) is 12.1 Å². The molecule has 21 heavy (non-hydrogen) atoms. The number of hydrogen-bond acceptors (Lipinski definition) is 2. The van der Waals surface area contributed by atoms with Crippen molar-refractivity contribution in [2.45, 2.75) is 5.92 Å². The van der Waals surface area contributed by atoms with Crippen LogP contribution in [0.25, 0.3) is 0 Å². The summed E-state index contributed by atoms with van der Waals surface area (Å²) < 4.78 is 5.38. The van der Waals surface area contributed by atoms with Gasteiger partial charge in [0.05, 0.1) is 6.26 Å². The molecule has 0 spiro atoms. The molecule has 3 heteroatoms. The Morgan fingerprint density at radius 3 is 2.29 bits per heavy atom. The molecule has 0 radical (unpaired) electrons. The predicted octanol–water partition coefficient (Wildman–Crippen LogP) is 4.83. The van der Waals surface area contributed by atoms with Crippen LogP contribution in [0.5, 0.6) is 0 Å². The van der Waals surface area contributed by atoms with Gasteiger partial charge in [-0.1, -0.05) is 54.1 Å². The molecule has 2 aromatic carbocycles. The fourth-order valence-corrected chi connectivity index (χ4v) is 2.68. The molecule has 3 rings (SSSR count). The minimum absolute atomic E-state index is 0.0478. The molecule has 1 aliphatic rings. The van der Waals surface area contributed by atoms with Crippen molar-refractivity contribution in [3.63, 3.8) is 0 Å². The van der Waals surface area contributed by atoms with Gasteiger partial charge in [-0.15, -0.1) is 0 Å². The zero-order chi connectivity index (χ0) is 14.7. The summed E-state index contributed by atoms with van der Waals surface area (Å²) in [6, 6.07) is 17.8. The van der Waals surface area contributed by atoms with E-state index in [1.54, 1.807) is 6.08 Å². The zero-order valence-electron chi connectivity index (χ0n) is 11.4. The molecule has 106 valence electrons. The van der Waals surface area contributed by atoms with Gasteiger partial charge in [0.2, 0.25) is 0 Å². The number of hydrogen-bond donors (Lipinski definition) is 1. The first-order chi connectivity index (χ1) is 10.3. The van der Waals surface area contributed by atoms with Crippen LogP contribution < -0.4 is 0 Å². The van der Waals surface area contributed by atoms with Crippen molar-refractivity contribution >= 4 is 11.6 Å². The number of halogens is 1. The first kappa shape index (κ1) is 13.8. The summed E-state index contributed by atoms with van der Waals surface area (Å²) in [6.07, 6.45) is 3.10. The SMILES string of the molecule is OC1=C(C(c2ccccc2)c2ccc(Cl)cc2)COC=C1. The lowest BCUT2D eigenvalue weighted by Crippen LogP contribution is -2.13. The Morgan fingerprint density at radius 2 is 1.62 bits per heavy atom. The first-order valence-electron chi connectivity index (χ1n) is 6.76. The van der Waals surface area contributed by atoms with Crippen LogP contribution >= 0.6 is 11.6 Å². The summed E-state index contributed by atoms with van der Waals surface area (Å²) in [6.45, 7) is 0.379. The monoisotopic (exact) mass is 298 g/mol. The molecule has 2 nitrogen and oxygen atoms in total. The normalized spacial score (nSPS) is 15.7. The van der Waals surface area contributed by atoms with Crippen molar-refractivity contribution in [2.24, 2.45) is 0 Å². The maximum absolute atomic E-state index is 10.2. The molecule has 0 bridgehead atoms. The van der Waals surface area contributed by atoms with Gasteiger partial charge in [-0.05, 0) is 23.3 Å². The quantitative estimate of drug-likeness (QED) is 0.879. The second kappa shape index (κ2) is 6.06. The van der Waals surface area contributed by atoms with Gasteiger partial charge in [-0.2, -0.15) is 0 Å². The van der Waals surface area contributed by atoms with Crippen LogP contribution in [0.15, 0.2) is 78.3 Å². The zero-order valence-corrected chi connectivity index (χ0v) is 12.1. The van der Waals surface area contributed by atoms with Crippen LogP contribution in [-0.4, -0.2) is 11.7 Å². The Bertz CT molecular complexity index is 672. The number of rotatable bonds is 3. The highest BCUT2D eigenvalue weighted by atomic mass is 35.5. The fraction of sp³-hybridized carbons (Fsp3) is 0.111. The van der Waals surface area contributed by atoms with Gasteiger partial charge in [0.1, 0.15) is 12.4 Å². The highest BCUT2D eigenvalue weighted by Crippen LogP contribution is 2.35. The molecular weight excluding hydrogens is 284 g/mol. The summed E-state index contributed by atoms with van der Waals surface area (Å²) in [5.74, 6) is 0.221. The molecule has 0 fully saturated rings. The van der Waals surface area contributed by atoms with Gasteiger partial charge < -0.3 is 9.84 Å². The Balaban J connectivity index is 2.11. The topological polar surface area (TPSA) is 29.5 Å². The second-order valence-corrected chi connectivity index (χ2v) is 5.36. The summed E-state index contributed by atoms with van der Waals surface area (Å²) in [7, 11) is 0. The molecule has 0 saturated heterocycles. The lowest BCUT2D eigenvalue weighted by atomic mass is 9.84. The van der Waals surface area contributed by atoms with E-state index in [9.17, 15) is 5.11 Å². The van der Waals surface area contributed by atoms with Gasteiger partial charge >= 0.3 is 0 Å². The standard InChI is InChI=1S/C18H15ClO2/c19-15-8-6-14(7-9-15)18(13-4-2-1-3-5-13)16-12-21-11-10-17(16)20/h1-11,18,20H,12H2. The van der Waals surface area contributed by atoms with Crippen LogP contribution in [0.3, 0.4) is 0 Å². The average molecular weight is 299 g/mol. The minimum atomic E-state index is -0.0478. The van der Waals surface area contributed by atoms with E-state index >= 15 is 0 Å². The van der Waals surface area contributed by atoms with Crippen molar-refractivity contribution in [2.75, 3.05) is 6.61 Å². The lowest BCUT2D eigenvalue weighted by molar-refractivity contribution is 0.253. The maximum Gasteiger partial charge on any atom is 0.122 e. The number of benzene rings is 2. The van der Waals surface area contributed by atoms with Crippen molar-refractivity contribution in [3.05, 3.63) is 94.4 Å². The first-order valence-corrected chi connectivity index (χ1v) is 7.14. The maximum atomic E-state index is 10.2. The van der Waals surface area contributed by atoms with Crippen LogP contribution in [0, 0.1) is 0 Å². The van der Waals surface area contributed by atoms with E-state index in [4.69, 9.17) is 16.3 Å². The number of allylic oxidation sites excluding steroid dienone is 1. The van der Waals surface area contributed by atoms with Crippen molar-refractivity contribution in [1.29, 1.82) is 0 Å². The second-order valence-electron chi connectivity index (χ2n) is 4.92. The van der Waals surface area contributed by atoms with E-state index in [0.29, 0.717) is 11.6 Å². The molecule has 0 saturated carbocycles. The minimum Gasteiger partial charge on any atom is -0.508 e. The Kier molecular flexibility index (Phi) is 3.98. The Labute approximate surface area is 129 Å².